The summed E-state index contributed by atoms with van der Waals surface area (Å²) in [6, 6.07) is 0. The summed E-state index contributed by atoms with van der Waals surface area (Å²) in [4.78, 5) is 0. The van der Waals surface area contributed by atoms with Crippen LogP contribution in [0.5, 0.6) is 0 Å². The Morgan fingerprint density at radius 1 is 1.00 bits per heavy atom. The quantitative estimate of drug-likeness (QED) is 0.542. The molecule has 17 heavy (non-hydrogen) atoms. The van der Waals surface area contributed by atoms with Gasteiger partial charge in [0.25, 0.3) is 0 Å². The first-order valence-electron chi connectivity index (χ1n) is 8.07. The molecule has 1 heterocycles. The van der Waals surface area contributed by atoms with Crippen LogP contribution in [0.25, 0.3) is 0 Å². The lowest BCUT2D eigenvalue weighted by atomic mass is 9.86. The molecular formula is C16H33N. The zero-order chi connectivity index (χ0) is 12.3. The molecule has 1 saturated heterocycles. The molecule has 0 saturated carbocycles. The maximum Gasteiger partial charge on any atom is -0.00199 e. The van der Waals surface area contributed by atoms with Crippen molar-refractivity contribution in [3.05, 3.63) is 0 Å². The summed E-state index contributed by atoms with van der Waals surface area (Å²) in [5, 5.41) is 3.51. The predicted octanol–water partition coefficient (Wildman–Crippen LogP) is 4.76. The van der Waals surface area contributed by atoms with Crippen LogP contribution in [-0.4, -0.2) is 13.1 Å². The number of nitrogens with one attached hydrogen (secondary N) is 1. The predicted molar refractivity (Wildman–Crippen MR) is 77.4 cm³/mol. The van der Waals surface area contributed by atoms with Gasteiger partial charge in [0.1, 0.15) is 0 Å². The maximum absolute atomic E-state index is 3.51. The molecule has 0 aromatic carbocycles. The molecule has 0 aromatic heterocycles. The summed E-state index contributed by atoms with van der Waals surface area (Å²) in [6.07, 6.45) is 14.5. The Hall–Kier alpha value is -0.0400. The Bertz CT molecular complexity index is 161. The number of unbranched alkanes of at least 4 members (excludes halogenated alkanes) is 4. The molecule has 0 bridgehead atoms. The Kier molecular flexibility index (Phi) is 8.78. The van der Waals surface area contributed by atoms with Crippen molar-refractivity contribution < 1.29 is 0 Å². The van der Waals surface area contributed by atoms with Crippen molar-refractivity contribution in [2.24, 2.45) is 11.8 Å². The molecule has 2 unspecified atom stereocenters. The molecule has 0 spiro atoms. The Morgan fingerprint density at radius 3 is 2.41 bits per heavy atom. The average Bonchev–Trinajstić information content (AvgIpc) is 2.84. The lowest BCUT2D eigenvalue weighted by molar-refractivity contribution is 0.331. The van der Waals surface area contributed by atoms with Crippen molar-refractivity contribution in [2.75, 3.05) is 13.1 Å². The minimum Gasteiger partial charge on any atom is -0.316 e. The Balaban J connectivity index is 2.16. The summed E-state index contributed by atoms with van der Waals surface area (Å²) in [6.45, 7) is 7.18. The lowest BCUT2D eigenvalue weighted by Gasteiger charge is -2.20. The van der Waals surface area contributed by atoms with Gasteiger partial charge < -0.3 is 5.32 Å². The molecule has 1 rings (SSSR count). The van der Waals surface area contributed by atoms with E-state index in [4.69, 9.17) is 0 Å². The van der Waals surface area contributed by atoms with Crippen LogP contribution < -0.4 is 5.32 Å². The van der Waals surface area contributed by atoms with E-state index in [0.29, 0.717) is 0 Å². The maximum atomic E-state index is 3.51. The van der Waals surface area contributed by atoms with Gasteiger partial charge in [0.2, 0.25) is 0 Å². The van der Waals surface area contributed by atoms with Gasteiger partial charge in [-0.25, -0.2) is 0 Å². The van der Waals surface area contributed by atoms with Gasteiger partial charge in [-0.15, -0.1) is 0 Å². The van der Waals surface area contributed by atoms with Crippen LogP contribution in [0, 0.1) is 11.8 Å². The van der Waals surface area contributed by atoms with E-state index < -0.39 is 0 Å². The number of rotatable bonds is 10. The standard InChI is InChI=1S/C16H33N/c1-3-5-7-8-10-15(9-6-4-2)13-16-11-12-17-14-16/h15-17H,3-14H2,1-2H3. The minimum atomic E-state index is 0.989. The third kappa shape index (κ3) is 7.08. The second kappa shape index (κ2) is 9.94. The summed E-state index contributed by atoms with van der Waals surface area (Å²) in [5.74, 6) is 2.01. The molecule has 0 radical (unpaired) electrons. The first kappa shape index (κ1) is 15.0. The molecule has 0 amide bonds. The van der Waals surface area contributed by atoms with E-state index in [1.165, 1.54) is 77.3 Å². The molecule has 1 nitrogen and oxygen atoms in total. The van der Waals surface area contributed by atoms with E-state index in [2.05, 4.69) is 19.2 Å². The third-order valence-corrected chi connectivity index (χ3v) is 4.26. The van der Waals surface area contributed by atoms with Crippen LogP contribution in [0.3, 0.4) is 0 Å². The fourth-order valence-corrected chi connectivity index (χ4v) is 3.12. The summed E-state index contributed by atoms with van der Waals surface area (Å²) in [7, 11) is 0. The van der Waals surface area contributed by atoms with Gasteiger partial charge in [0, 0.05) is 0 Å². The molecule has 1 aliphatic rings. The first-order valence-corrected chi connectivity index (χ1v) is 8.07. The van der Waals surface area contributed by atoms with Crippen molar-refractivity contribution in [1.82, 2.24) is 5.32 Å². The second-order valence-corrected chi connectivity index (χ2v) is 5.95. The summed E-state index contributed by atoms with van der Waals surface area (Å²) >= 11 is 0. The molecule has 1 N–H and O–H groups in total. The van der Waals surface area contributed by atoms with E-state index in [0.717, 1.165) is 11.8 Å². The van der Waals surface area contributed by atoms with Crippen LogP contribution in [-0.2, 0) is 0 Å². The zero-order valence-corrected chi connectivity index (χ0v) is 12.1. The zero-order valence-electron chi connectivity index (χ0n) is 12.1. The molecule has 102 valence electrons. The topological polar surface area (TPSA) is 12.0 Å². The van der Waals surface area contributed by atoms with Crippen LogP contribution in [0.2, 0.25) is 0 Å². The molecule has 0 aromatic rings. The van der Waals surface area contributed by atoms with Crippen molar-refractivity contribution in [3.8, 4) is 0 Å². The van der Waals surface area contributed by atoms with E-state index >= 15 is 0 Å². The van der Waals surface area contributed by atoms with Gasteiger partial charge in [-0.1, -0.05) is 65.2 Å². The number of hydrogen-bond donors (Lipinski definition) is 1. The molecular weight excluding hydrogens is 206 g/mol. The van der Waals surface area contributed by atoms with Gasteiger partial charge >= 0.3 is 0 Å². The minimum absolute atomic E-state index is 0.989. The van der Waals surface area contributed by atoms with Crippen molar-refractivity contribution >= 4 is 0 Å². The molecule has 2 atom stereocenters. The van der Waals surface area contributed by atoms with E-state index in [9.17, 15) is 0 Å². The summed E-state index contributed by atoms with van der Waals surface area (Å²) < 4.78 is 0. The SMILES string of the molecule is CCCCCCC(CCCC)CC1CCNC1. The van der Waals surface area contributed by atoms with Gasteiger partial charge in [0.05, 0.1) is 0 Å². The van der Waals surface area contributed by atoms with Gasteiger partial charge in [0.15, 0.2) is 0 Å². The van der Waals surface area contributed by atoms with Gasteiger partial charge in [-0.2, -0.15) is 0 Å². The molecule has 1 fully saturated rings. The van der Waals surface area contributed by atoms with E-state index in [1.807, 2.05) is 0 Å². The number of hydrogen-bond acceptors (Lipinski definition) is 1. The Labute approximate surface area is 109 Å². The highest BCUT2D eigenvalue weighted by atomic mass is 14.9. The van der Waals surface area contributed by atoms with Crippen LogP contribution >= 0.6 is 0 Å². The van der Waals surface area contributed by atoms with Crippen LogP contribution in [0.15, 0.2) is 0 Å². The van der Waals surface area contributed by atoms with E-state index in [-0.39, 0.29) is 0 Å². The molecule has 1 heteroatoms. The fraction of sp³-hybridized carbons (Fsp3) is 1.00. The van der Waals surface area contributed by atoms with E-state index in [1.54, 1.807) is 0 Å². The largest absolute Gasteiger partial charge is 0.316 e. The molecule has 1 aliphatic heterocycles. The van der Waals surface area contributed by atoms with Crippen molar-refractivity contribution in [3.63, 3.8) is 0 Å². The highest BCUT2D eigenvalue weighted by molar-refractivity contribution is 4.74. The fourth-order valence-electron chi connectivity index (χ4n) is 3.12. The highest BCUT2D eigenvalue weighted by Crippen LogP contribution is 2.27. The first-order chi connectivity index (χ1) is 8.36. The van der Waals surface area contributed by atoms with Crippen LogP contribution in [0.1, 0.15) is 78.1 Å². The van der Waals surface area contributed by atoms with Gasteiger partial charge in [-0.3, -0.25) is 0 Å². The average molecular weight is 239 g/mol. The monoisotopic (exact) mass is 239 g/mol. The second-order valence-electron chi connectivity index (χ2n) is 5.95. The van der Waals surface area contributed by atoms with Crippen molar-refractivity contribution in [2.45, 2.75) is 78.1 Å². The smallest absolute Gasteiger partial charge is 0.00199 e. The third-order valence-electron chi connectivity index (χ3n) is 4.26. The van der Waals surface area contributed by atoms with Crippen molar-refractivity contribution in [1.29, 1.82) is 0 Å². The summed E-state index contributed by atoms with van der Waals surface area (Å²) in [5.41, 5.74) is 0. The Morgan fingerprint density at radius 2 is 1.76 bits per heavy atom. The molecule has 0 aliphatic carbocycles. The van der Waals surface area contributed by atoms with Crippen LogP contribution in [0.4, 0.5) is 0 Å². The van der Waals surface area contributed by atoms with Gasteiger partial charge in [-0.05, 0) is 37.8 Å². The lowest BCUT2D eigenvalue weighted by Crippen LogP contribution is -2.13. The normalized spacial score (nSPS) is 21.9. The highest BCUT2D eigenvalue weighted by Gasteiger charge is 2.19.